The number of methoxy groups -OCH3 is 1. The largest absolute Gasteiger partial charge is 0.495 e. The lowest BCUT2D eigenvalue weighted by molar-refractivity contribution is -0.136. The lowest BCUT2D eigenvalue weighted by Crippen LogP contribution is -2.44. The molecule has 170 valence electrons. The number of piperidine rings is 1. The van der Waals surface area contributed by atoms with Gasteiger partial charge in [0.15, 0.2) is 0 Å². The molecule has 8 nitrogen and oxygen atoms in total. The maximum atomic E-state index is 12.6. The first-order valence-electron chi connectivity index (χ1n) is 10.7. The highest BCUT2D eigenvalue weighted by Gasteiger charge is 2.24. The van der Waals surface area contributed by atoms with Crippen molar-refractivity contribution in [3.05, 3.63) is 53.6 Å². The molecule has 2 aromatic rings. The fraction of sp³-hybridized carbons (Fsp3) is 0.375. The number of para-hydroxylation sites is 2. The summed E-state index contributed by atoms with van der Waals surface area (Å²) in [6.07, 6.45) is 1.50. The van der Waals surface area contributed by atoms with Crippen molar-refractivity contribution in [2.45, 2.75) is 26.7 Å². The van der Waals surface area contributed by atoms with E-state index in [9.17, 15) is 14.4 Å². The highest BCUT2D eigenvalue weighted by Crippen LogP contribution is 2.24. The number of rotatable bonds is 5. The Labute approximate surface area is 188 Å². The summed E-state index contributed by atoms with van der Waals surface area (Å²) in [4.78, 5) is 38.7. The SMILES string of the molecule is COc1ccccc1NC(=O)N1CCC(CNC(=O)C(=O)Nc2cc(C)cc(C)c2)CC1. The molecule has 1 aliphatic rings. The Hall–Kier alpha value is -3.55. The predicted molar refractivity (Wildman–Crippen MR) is 124 cm³/mol. The molecule has 0 aromatic heterocycles. The molecule has 1 heterocycles. The Morgan fingerprint density at radius 1 is 0.969 bits per heavy atom. The van der Waals surface area contributed by atoms with Gasteiger partial charge in [-0.15, -0.1) is 0 Å². The topological polar surface area (TPSA) is 99.8 Å². The molecule has 0 atom stereocenters. The third kappa shape index (κ3) is 6.23. The number of carbonyl (C=O) groups excluding carboxylic acids is 3. The highest BCUT2D eigenvalue weighted by molar-refractivity contribution is 6.39. The summed E-state index contributed by atoms with van der Waals surface area (Å²) < 4.78 is 5.27. The minimum Gasteiger partial charge on any atom is -0.495 e. The quantitative estimate of drug-likeness (QED) is 0.624. The number of likely N-dealkylation sites (tertiary alicyclic amines) is 1. The molecule has 1 saturated heterocycles. The normalized spacial score (nSPS) is 13.9. The van der Waals surface area contributed by atoms with E-state index in [1.165, 1.54) is 0 Å². The van der Waals surface area contributed by atoms with Crippen LogP contribution in [0.15, 0.2) is 42.5 Å². The number of hydrogen-bond acceptors (Lipinski definition) is 4. The zero-order valence-corrected chi connectivity index (χ0v) is 18.7. The van der Waals surface area contributed by atoms with Gasteiger partial charge in [-0.2, -0.15) is 0 Å². The first kappa shape index (κ1) is 23.1. The van der Waals surface area contributed by atoms with Crippen LogP contribution in [0.4, 0.5) is 16.2 Å². The van der Waals surface area contributed by atoms with Gasteiger partial charge in [-0.1, -0.05) is 18.2 Å². The lowest BCUT2D eigenvalue weighted by atomic mass is 9.97. The van der Waals surface area contributed by atoms with Crippen molar-refractivity contribution in [2.24, 2.45) is 5.92 Å². The Kier molecular flexibility index (Phi) is 7.70. The van der Waals surface area contributed by atoms with Crippen LogP contribution in [0.3, 0.4) is 0 Å². The average Bonchev–Trinajstić information content (AvgIpc) is 2.77. The molecule has 32 heavy (non-hydrogen) atoms. The van der Waals surface area contributed by atoms with Crippen LogP contribution >= 0.6 is 0 Å². The van der Waals surface area contributed by atoms with Crippen molar-refractivity contribution in [1.82, 2.24) is 10.2 Å². The number of hydrogen-bond donors (Lipinski definition) is 3. The van der Waals surface area contributed by atoms with E-state index in [-0.39, 0.29) is 11.9 Å². The van der Waals surface area contributed by atoms with E-state index in [1.807, 2.05) is 44.2 Å². The van der Waals surface area contributed by atoms with Gasteiger partial charge < -0.3 is 25.6 Å². The van der Waals surface area contributed by atoms with Gasteiger partial charge in [0.05, 0.1) is 12.8 Å². The van der Waals surface area contributed by atoms with E-state index >= 15 is 0 Å². The van der Waals surface area contributed by atoms with Crippen molar-refractivity contribution >= 4 is 29.2 Å². The Balaban J connectivity index is 1.42. The van der Waals surface area contributed by atoms with Crippen molar-refractivity contribution < 1.29 is 19.1 Å². The van der Waals surface area contributed by atoms with Gasteiger partial charge in [0.25, 0.3) is 0 Å². The van der Waals surface area contributed by atoms with E-state index in [0.29, 0.717) is 36.8 Å². The second-order valence-corrected chi connectivity index (χ2v) is 8.10. The van der Waals surface area contributed by atoms with Crippen LogP contribution in [0, 0.1) is 19.8 Å². The van der Waals surface area contributed by atoms with Gasteiger partial charge in [0.2, 0.25) is 0 Å². The van der Waals surface area contributed by atoms with Gasteiger partial charge in [-0.05, 0) is 68.0 Å². The minimum absolute atomic E-state index is 0.176. The van der Waals surface area contributed by atoms with Crippen LogP contribution < -0.4 is 20.7 Å². The second kappa shape index (κ2) is 10.7. The molecule has 3 rings (SSSR count). The van der Waals surface area contributed by atoms with Crippen LogP contribution in [0.2, 0.25) is 0 Å². The zero-order valence-electron chi connectivity index (χ0n) is 18.7. The molecule has 0 unspecified atom stereocenters. The summed E-state index contributed by atoms with van der Waals surface area (Å²) in [6, 6.07) is 12.7. The van der Waals surface area contributed by atoms with Gasteiger partial charge in [-0.25, -0.2) is 4.79 Å². The summed E-state index contributed by atoms with van der Waals surface area (Å²) in [7, 11) is 1.56. The number of aryl methyl sites for hydroxylation is 2. The smallest absolute Gasteiger partial charge is 0.321 e. The second-order valence-electron chi connectivity index (χ2n) is 8.10. The number of nitrogens with zero attached hydrogens (tertiary/aromatic N) is 1. The van der Waals surface area contributed by atoms with Crippen LogP contribution in [0.1, 0.15) is 24.0 Å². The maximum Gasteiger partial charge on any atom is 0.321 e. The third-order valence-electron chi connectivity index (χ3n) is 5.49. The molecule has 4 amide bonds. The van der Waals surface area contributed by atoms with E-state index in [0.717, 1.165) is 24.0 Å². The van der Waals surface area contributed by atoms with Gasteiger partial charge in [0, 0.05) is 25.3 Å². The first-order valence-corrected chi connectivity index (χ1v) is 10.7. The van der Waals surface area contributed by atoms with Crippen LogP contribution in [-0.2, 0) is 9.59 Å². The molecule has 0 bridgehead atoms. The number of ether oxygens (including phenoxy) is 1. The Morgan fingerprint density at radius 3 is 2.28 bits per heavy atom. The number of anilines is 2. The first-order chi connectivity index (χ1) is 15.4. The van der Waals surface area contributed by atoms with Crippen LogP contribution in [0.25, 0.3) is 0 Å². The van der Waals surface area contributed by atoms with Crippen molar-refractivity contribution in [3.63, 3.8) is 0 Å². The molecule has 3 N–H and O–H groups in total. The standard InChI is InChI=1S/C24H30N4O4/c1-16-12-17(2)14-19(13-16)26-23(30)22(29)25-15-18-8-10-28(11-9-18)24(31)27-20-6-4-5-7-21(20)32-3/h4-7,12-14,18H,8-11,15H2,1-3H3,(H,25,29)(H,26,30)(H,27,31). The Bertz CT molecular complexity index is 963. The minimum atomic E-state index is -0.677. The summed E-state index contributed by atoms with van der Waals surface area (Å²) in [5.41, 5.74) is 3.27. The summed E-state index contributed by atoms with van der Waals surface area (Å²) in [5.74, 6) is -0.509. The number of carbonyl (C=O) groups is 3. The summed E-state index contributed by atoms with van der Waals surface area (Å²) in [6.45, 7) is 5.44. The molecule has 1 fully saturated rings. The molecule has 0 aliphatic carbocycles. The average molecular weight is 439 g/mol. The monoisotopic (exact) mass is 438 g/mol. The van der Waals surface area contributed by atoms with Gasteiger partial charge in [0.1, 0.15) is 5.75 Å². The number of nitrogens with one attached hydrogen (secondary N) is 3. The van der Waals surface area contributed by atoms with E-state index < -0.39 is 11.8 Å². The predicted octanol–water partition coefficient (Wildman–Crippen LogP) is 3.31. The zero-order chi connectivity index (χ0) is 23.1. The summed E-state index contributed by atoms with van der Waals surface area (Å²) >= 11 is 0. The molecular weight excluding hydrogens is 408 g/mol. The van der Waals surface area contributed by atoms with Gasteiger partial charge >= 0.3 is 17.8 Å². The fourth-order valence-corrected chi connectivity index (χ4v) is 3.83. The Morgan fingerprint density at radius 2 is 1.62 bits per heavy atom. The van der Waals surface area contributed by atoms with Crippen molar-refractivity contribution in [3.8, 4) is 5.75 Å². The molecule has 0 spiro atoms. The lowest BCUT2D eigenvalue weighted by Gasteiger charge is -2.32. The van der Waals surface area contributed by atoms with E-state index in [1.54, 1.807) is 24.1 Å². The molecular formula is C24H30N4O4. The van der Waals surface area contributed by atoms with E-state index in [4.69, 9.17) is 4.74 Å². The number of amides is 4. The molecule has 1 aliphatic heterocycles. The van der Waals surface area contributed by atoms with Crippen molar-refractivity contribution in [1.29, 1.82) is 0 Å². The van der Waals surface area contributed by atoms with Crippen molar-refractivity contribution in [2.75, 3.05) is 37.4 Å². The third-order valence-corrected chi connectivity index (χ3v) is 5.49. The highest BCUT2D eigenvalue weighted by atomic mass is 16.5. The maximum absolute atomic E-state index is 12.6. The van der Waals surface area contributed by atoms with Crippen LogP contribution in [0.5, 0.6) is 5.75 Å². The van der Waals surface area contributed by atoms with Gasteiger partial charge in [-0.3, -0.25) is 9.59 Å². The summed E-state index contributed by atoms with van der Waals surface area (Å²) in [5, 5.41) is 8.24. The molecule has 8 heteroatoms. The van der Waals surface area contributed by atoms with Crippen LogP contribution in [-0.4, -0.2) is 49.5 Å². The van der Waals surface area contributed by atoms with E-state index in [2.05, 4.69) is 16.0 Å². The number of benzene rings is 2. The molecule has 0 radical (unpaired) electrons. The molecule has 0 saturated carbocycles. The molecule has 2 aromatic carbocycles. The fourth-order valence-electron chi connectivity index (χ4n) is 3.83. The number of urea groups is 1.